The highest BCUT2D eigenvalue weighted by Gasteiger charge is 2.16. The van der Waals surface area contributed by atoms with E-state index in [1.165, 1.54) is 6.07 Å². The summed E-state index contributed by atoms with van der Waals surface area (Å²) in [6.45, 7) is 2.14. The average molecular weight is 361 g/mol. The number of anilines is 1. The fourth-order valence-corrected chi connectivity index (χ4v) is 2.74. The lowest BCUT2D eigenvalue weighted by Gasteiger charge is -2.11. The van der Waals surface area contributed by atoms with Crippen LogP contribution in [0, 0.1) is 12.7 Å². The molecule has 0 saturated heterocycles. The van der Waals surface area contributed by atoms with Crippen LogP contribution < -0.4 is 5.32 Å². The van der Waals surface area contributed by atoms with E-state index in [4.69, 9.17) is 4.42 Å². The van der Waals surface area contributed by atoms with Crippen LogP contribution in [0.5, 0.6) is 0 Å². The third kappa shape index (κ3) is 3.52. The zero-order chi connectivity index (χ0) is 18.6. The molecule has 0 aliphatic heterocycles. The molecular formula is C20H16FN5O. The van der Waals surface area contributed by atoms with E-state index in [0.29, 0.717) is 22.9 Å². The molecule has 0 saturated carbocycles. The van der Waals surface area contributed by atoms with Crippen molar-refractivity contribution in [3.8, 4) is 22.5 Å². The van der Waals surface area contributed by atoms with Crippen LogP contribution in [0.15, 0.2) is 65.8 Å². The van der Waals surface area contributed by atoms with Gasteiger partial charge < -0.3 is 9.73 Å². The highest BCUT2D eigenvalue weighted by molar-refractivity contribution is 5.79. The largest absolute Gasteiger partial charge is 0.469 e. The Labute approximate surface area is 155 Å². The Morgan fingerprint density at radius 1 is 1.04 bits per heavy atom. The van der Waals surface area contributed by atoms with Crippen molar-refractivity contribution in [1.82, 2.24) is 19.9 Å². The molecule has 0 aliphatic rings. The number of benzene rings is 1. The van der Waals surface area contributed by atoms with E-state index in [1.54, 1.807) is 49.2 Å². The molecule has 6 nitrogen and oxygen atoms in total. The topological polar surface area (TPSA) is 76.7 Å². The molecule has 0 radical (unpaired) electrons. The Hall–Kier alpha value is -3.61. The van der Waals surface area contributed by atoms with E-state index in [2.05, 4.69) is 25.3 Å². The summed E-state index contributed by atoms with van der Waals surface area (Å²) < 4.78 is 19.3. The van der Waals surface area contributed by atoms with Gasteiger partial charge in [0.05, 0.1) is 23.8 Å². The lowest BCUT2D eigenvalue weighted by Crippen LogP contribution is -2.06. The fraction of sp³-hybridized carbons (Fsp3) is 0.100. The van der Waals surface area contributed by atoms with Crippen molar-refractivity contribution in [1.29, 1.82) is 0 Å². The summed E-state index contributed by atoms with van der Waals surface area (Å²) in [6, 6.07) is 8.44. The van der Waals surface area contributed by atoms with E-state index < -0.39 is 0 Å². The van der Waals surface area contributed by atoms with E-state index in [-0.39, 0.29) is 12.4 Å². The molecule has 0 fully saturated rings. The summed E-state index contributed by atoms with van der Waals surface area (Å²) in [5, 5.41) is 3.07. The molecule has 0 amide bonds. The van der Waals surface area contributed by atoms with Crippen LogP contribution in [0.1, 0.15) is 11.3 Å². The van der Waals surface area contributed by atoms with Gasteiger partial charge in [-0.2, -0.15) is 0 Å². The molecule has 134 valence electrons. The summed E-state index contributed by atoms with van der Waals surface area (Å²) in [6.07, 6.45) is 8.18. The number of nitrogens with one attached hydrogen (secondary N) is 1. The van der Waals surface area contributed by atoms with E-state index in [1.807, 2.05) is 13.0 Å². The number of halogens is 1. The minimum absolute atomic E-state index is 0.271. The first-order chi connectivity index (χ1) is 13.2. The van der Waals surface area contributed by atoms with Gasteiger partial charge in [0.15, 0.2) is 0 Å². The summed E-state index contributed by atoms with van der Waals surface area (Å²) in [5.74, 6) is 0.854. The van der Waals surface area contributed by atoms with Gasteiger partial charge in [0.25, 0.3) is 0 Å². The number of hydrogen-bond acceptors (Lipinski definition) is 6. The fourth-order valence-electron chi connectivity index (χ4n) is 2.74. The minimum Gasteiger partial charge on any atom is -0.469 e. The second kappa shape index (κ2) is 7.33. The number of hydrogen-bond donors (Lipinski definition) is 1. The van der Waals surface area contributed by atoms with Gasteiger partial charge in [0.1, 0.15) is 11.6 Å². The van der Waals surface area contributed by atoms with Crippen LogP contribution in [0.4, 0.5) is 10.3 Å². The molecule has 0 atom stereocenters. The molecule has 1 N–H and O–H groups in total. The van der Waals surface area contributed by atoms with Gasteiger partial charge in [-0.05, 0) is 19.1 Å². The third-order valence-corrected chi connectivity index (χ3v) is 4.14. The van der Waals surface area contributed by atoms with E-state index in [0.717, 1.165) is 16.9 Å². The molecule has 0 bridgehead atoms. The van der Waals surface area contributed by atoms with Gasteiger partial charge in [0, 0.05) is 41.8 Å². The maximum Gasteiger partial charge on any atom is 0.223 e. The first-order valence-corrected chi connectivity index (χ1v) is 8.37. The van der Waals surface area contributed by atoms with Crippen molar-refractivity contribution in [2.24, 2.45) is 0 Å². The van der Waals surface area contributed by atoms with Gasteiger partial charge in [-0.15, -0.1) is 0 Å². The monoisotopic (exact) mass is 361 g/mol. The number of aryl methyl sites for hydroxylation is 1. The van der Waals surface area contributed by atoms with Crippen molar-refractivity contribution < 1.29 is 8.81 Å². The predicted molar refractivity (Wildman–Crippen MR) is 99.2 cm³/mol. The summed E-state index contributed by atoms with van der Waals surface area (Å²) in [5.41, 5.74) is 3.46. The van der Waals surface area contributed by atoms with E-state index >= 15 is 0 Å². The number of nitrogens with zero attached hydrogens (tertiary/aromatic N) is 4. The minimum atomic E-state index is -0.271. The average Bonchev–Trinajstić information content (AvgIpc) is 3.14. The molecule has 4 aromatic rings. The molecule has 0 aliphatic carbocycles. The van der Waals surface area contributed by atoms with E-state index in [9.17, 15) is 4.39 Å². The summed E-state index contributed by atoms with van der Waals surface area (Å²) in [7, 11) is 0. The standard InChI is InChI=1S/C20H16FN5O/c1-13-15(6-9-27-13)19-16(18-12-22-7-8-23-18)11-25-20(26-19)24-10-14-4-2-3-5-17(14)21/h2-9,11-12H,10H2,1H3,(H,24,25,26). The second-order valence-corrected chi connectivity index (χ2v) is 5.88. The number of furan rings is 1. The molecule has 3 aromatic heterocycles. The Kier molecular flexibility index (Phi) is 4.57. The Morgan fingerprint density at radius 2 is 1.93 bits per heavy atom. The van der Waals surface area contributed by atoms with Gasteiger partial charge in [-0.3, -0.25) is 9.97 Å². The zero-order valence-corrected chi connectivity index (χ0v) is 14.6. The lowest BCUT2D eigenvalue weighted by atomic mass is 10.1. The maximum atomic E-state index is 13.8. The zero-order valence-electron chi connectivity index (χ0n) is 14.6. The molecule has 0 spiro atoms. The normalized spacial score (nSPS) is 10.7. The molecule has 7 heteroatoms. The van der Waals surface area contributed by atoms with Crippen LogP contribution >= 0.6 is 0 Å². The number of aromatic nitrogens is 4. The SMILES string of the molecule is Cc1occc1-c1nc(NCc2ccccc2F)ncc1-c1cnccn1. The Morgan fingerprint density at radius 3 is 2.67 bits per heavy atom. The third-order valence-electron chi connectivity index (χ3n) is 4.14. The maximum absolute atomic E-state index is 13.8. The molecule has 1 aromatic carbocycles. The summed E-state index contributed by atoms with van der Waals surface area (Å²) >= 11 is 0. The quantitative estimate of drug-likeness (QED) is 0.572. The van der Waals surface area contributed by atoms with Crippen LogP contribution in [0.2, 0.25) is 0 Å². The van der Waals surface area contributed by atoms with Crippen molar-refractivity contribution in [2.75, 3.05) is 5.32 Å². The second-order valence-electron chi connectivity index (χ2n) is 5.88. The van der Waals surface area contributed by atoms with Crippen molar-refractivity contribution in [3.05, 3.63) is 78.5 Å². The van der Waals surface area contributed by atoms with Gasteiger partial charge in [-0.1, -0.05) is 18.2 Å². The molecule has 3 heterocycles. The van der Waals surface area contributed by atoms with Crippen LogP contribution in [0.3, 0.4) is 0 Å². The van der Waals surface area contributed by atoms with Gasteiger partial charge in [0.2, 0.25) is 5.95 Å². The smallest absolute Gasteiger partial charge is 0.223 e. The molecule has 0 unspecified atom stereocenters. The van der Waals surface area contributed by atoms with Crippen LogP contribution in [-0.2, 0) is 6.54 Å². The Bertz CT molecular complexity index is 1060. The van der Waals surface area contributed by atoms with Crippen LogP contribution in [0.25, 0.3) is 22.5 Å². The van der Waals surface area contributed by atoms with Crippen molar-refractivity contribution in [2.45, 2.75) is 13.5 Å². The van der Waals surface area contributed by atoms with Crippen LogP contribution in [-0.4, -0.2) is 19.9 Å². The van der Waals surface area contributed by atoms with Crippen molar-refractivity contribution >= 4 is 5.95 Å². The summed E-state index contributed by atoms with van der Waals surface area (Å²) in [4.78, 5) is 17.4. The van der Waals surface area contributed by atoms with Crippen molar-refractivity contribution in [3.63, 3.8) is 0 Å². The Balaban J connectivity index is 1.71. The highest BCUT2D eigenvalue weighted by atomic mass is 19.1. The van der Waals surface area contributed by atoms with Gasteiger partial charge in [-0.25, -0.2) is 14.4 Å². The number of rotatable bonds is 5. The first kappa shape index (κ1) is 16.8. The predicted octanol–water partition coefficient (Wildman–Crippen LogP) is 4.25. The van der Waals surface area contributed by atoms with Gasteiger partial charge >= 0.3 is 0 Å². The molecule has 4 rings (SSSR count). The lowest BCUT2D eigenvalue weighted by molar-refractivity contribution is 0.535. The highest BCUT2D eigenvalue weighted by Crippen LogP contribution is 2.32. The first-order valence-electron chi connectivity index (χ1n) is 8.37. The molecule has 27 heavy (non-hydrogen) atoms. The molecular weight excluding hydrogens is 345 g/mol.